The first-order valence-corrected chi connectivity index (χ1v) is 8.12. The third-order valence-corrected chi connectivity index (χ3v) is 5.80. The second-order valence-electron chi connectivity index (χ2n) is 7.08. The highest BCUT2D eigenvalue weighted by Gasteiger charge is 2.66. The molecule has 3 rings (SSSR count). The van der Waals surface area contributed by atoms with Crippen molar-refractivity contribution in [2.24, 2.45) is 10.8 Å². The highest BCUT2D eigenvalue weighted by Crippen LogP contribution is 2.64. The molecule has 1 unspecified atom stereocenters. The second-order valence-corrected chi connectivity index (χ2v) is 7.35. The Morgan fingerprint density at radius 1 is 1.30 bits per heavy atom. The minimum absolute atomic E-state index is 0.167. The van der Waals surface area contributed by atoms with Crippen molar-refractivity contribution in [1.82, 2.24) is 0 Å². The van der Waals surface area contributed by atoms with E-state index in [2.05, 4.69) is 0 Å². The van der Waals surface area contributed by atoms with Gasteiger partial charge in [-0.3, -0.25) is 14.4 Å². The van der Waals surface area contributed by atoms with E-state index >= 15 is 0 Å². The van der Waals surface area contributed by atoms with Crippen LogP contribution in [0.3, 0.4) is 0 Å². The number of ether oxygens (including phenoxy) is 1. The van der Waals surface area contributed by atoms with E-state index in [0.29, 0.717) is 18.4 Å². The third kappa shape index (κ3) is 1.99. The summed E-state index contributed by atoms with van der Waals surface area (Å²) >= 11 is 5.40. The average molecular weight is 339 g/mol. The normalized spacial score (nSPS) is 34.6. The summed E-state index contributed by atoms with van der Waals surface area (Å²) in [6.45, 7) is 4.80. The van der Waals surface area contributed by atoms with Crippen LogP contribution in [0.2, 0.25) is 0 Å². The van der Waals surface area contributed by atoms with Crippen LogP contribution < -0.4 is 0 Å². The molecule has 0 radical (unpaired) electrons. The van der Waals surface area contributed by atoms with Gasteiger partial charge in [-0.15, -0.1) is 11.6 Å². The summed E-state index contributed by atoms with van der Waals surface area (Å²) in [5, 5.41) is 10.7. The van der Waals surface area contributed by atoms with Crippen molar-refractivity contribution >= 4 is 29.1 Å². The van der Waals surface area contributed by atoms with Crippen LogP contribution in [0.25, 0.3) is 0 Å². The number of rotatable bonds is 3. The predicted octanol–water partition coefficient (Wildman–Crippen LogP) is 1.71. The number of alkyl halides is 1. The fourth-order valence-electron chi connectivity index (χ4n) is 3.86. The van der Waals surface area contributed by atoms with Gasteiger partial charge in [0.2, 0.25) is 0 Å². The number of allylic oxidation sites excluding steroid dienone is 1. The maximum atomic E-state index is 12.9. The van der Waals surface area contributed by atoms with E-state index in [9.17, 15) is 19.5 Å². The van der Waals surface area contributed by atoms with E-state index < -0.39 is 28.2 Å². The maximum Gasteiger partial charge on any atom is 0.320 e. The molecule has 0 aromatic heterocycles. The molecule has 2 atom stereocenters. The maximum absolute atomic E-state index is 12.9. The monoisotopic (exact) mass is 338 g/mol. The molecule has 3 aliphatic carbocycles. The van der Waals surface area contributed by atoms with Gasteiger partial charge in [0.1, 0.15) is 18.1 Å². The molecule has 6 heteroatoms. The molecule has 5 nitrogen and oxygen atoms in total. The van der Waals surface area contributed by atoms with Crippen molar-refractivity contribution in [1.29, 1.82) is 0 Å². The van der Waals surface area contributed by atoms with E-state index in [4.69, 9.17) is 16.3 Å². The summed E-state index contributed by atoms with van der Waals surface area (Å²) in [6, 6.07) is 0. The number of esters is 1. The van der Waals surface area contributed by atoms with Crippen LogP contribution in [0.4, 0.5) is 0 Å². The molecule has 124 valence electrons. The summed E-state index contributed by atoms with van der Waals surface area (Å²) in [5.74, 6) is -1.56. The number of carbonyl (C=O) groups is 3. The largest absolute Gasteiger partial charge is 0.463 e. The van der Waals surface area contributed by atoms with Gasteiger partial charge in [-0.1, -0.05) is 11.6 Å². The molecule has 0 saturated heterocycles. The molecule has 0 bridgehead atoms. The van der Waals surface area contributed by atoms with Crippen molar-refractivity contribution in [3.63, 3.8) is 0 Å². The first-order valence-electron chi connectivity index (χ1n) is 7.59. The van der Waals surface area contributed by atoms with Crippen LogP contribution >= 0.6 is 11.6 Å². The van der Waals surface area contributed by atoms with Crippen molar-refractivity contribution in [2.45, 2.75) is 39.2 Å². The van der Waals surface area contributed by atoms with Crippen LogP contribution in [0, 0.1) is 10.8 Å². The fourth-order valence-corrected chi connectivity index (χ4v) is 3.94. The number of Topliss-reactive ketones (excluding diaryl/α,β-unsaturated/α-hetero) is 2. The molecule has 0 amide bonds. The SMILES string of the molecule is CC1=C2C(=O)C(C)(COC(=O)CCl)C=C2C(=O)[C@](C)(O)C12CC2. The number of halogens is 1. The number of fused-ring (bicyclic) bond motifs is 1. The Balaban J connectivity index is 2.04. The molecular formula is C17H19ClO5. The summed E-state index contributed by atoms with van der Waals surface area (Å²) in [4.78, 5) is 36.9. The highest BCUT2D eigenvalue weighted by molar-refractivity contribution is 6.26. The minimum Gasteiger partial charge on any atom is -0.463 e. The Kier molecular flexibility index (Phi) is 3.40. The van der Waals surface area contributed by atoms with Gasteiger partial charge in [0.15, 0.2) is 11.6 Å². The summed E-state index contributed by atoms with van der Waals surface area (Å²) in [5.41, 5.74) is -1.80. The van der Waals surface area contributed by atoms with Gasteiger partial charge >= 0.3 is 5.97 Å². The molecular weight excluding hydrogens is 320 g/mol. The summed E-state index contributed by atoms with van der Waals surface area (Å²) in [6.07, 6.45) is 2.92. The van der Waals surface area contributed by atoms with Crippen LogP contribution in [-0.4, -0.2) is 40.7 Å². The molecule has 0 aromatic carbocycles. The number of ketones is 2. The summed E-state index contributed by atoms with van der Waals surface area (Å²) in [7, 11) is 0. The zero-order valence-corrected chi connectivity index (χ0v) is 14.1. The molecule has 3 aliphatic rings. The zero-order chi connectivity index (χ0) is 17.2. The smallest absolute Gasteiger partial charge is 0.320 e. The van der Waals surface area contributed by atoms with Crippen LogP contribution in [0.15, 0.2) is 22.8 Å². The number of aliphatic hydroxyl groups is 1. The lowest BCUT2D eigenvalue weighted by Gasteiger charge is -2.38. The van der Waals surface area contributed by atoms with E-state index in [1.54, 1.807) is 6.92 Å². The number of carbonyl (C=O) groups excluding carboxylic acids is 3. The highest BCUT2D eigenvalue weighted by atomic mass is 35.5. The lowest BCUT2D eigenvalue weighted by Crippen LogP contribution is -2.49. The van der Waals surface area contributed by atoms with Gasteiger partial charge in [0, 0.05) is 16.6 Å². The van der Waals surface area contributed by atoms with E-state index in [1.807, 2.05) is 6.92 Å². The topological polar surface area (TPSA) is 80.7 Å². The lowest BCUT2D eigenvalue weighted by molar-refractivity contribution is -0.144. The van der Waals surface area contributed by atoms with Crippen LogP contribution in [-0.2, 0) is 19.1 Å². The third-order valence-electron chi connectivity index (χ3n) is 5.58. The van der Waals surface area contributed by atoms with Crippen LogP contribution in [0.1, 0.15) is 33.6 Å². The Morgan fingerprint density at radius 2 is 1.91 bits per heavy atom. The molecule has 1 spiro atoms. The first-order chi connectivity index (χ1) is 10.6. The quantitative estimate of drug-likeness (QED) is 0.626. The Labute approximate surface area is 139 Å². The zero-order valence-electron chi connectivity index (χ0n) is 13.4. The van der Waals surface area contributed by atoms with Crippen LogP contribution in [0.5, 0.6) is 0 Å². The predicted molar refractivity (Wildman–Crippen MR) is 82.9 cm³/mol. The lowest BCUT2D eigenvalue weighted by atomic mass is 9.68. The molecule has 23 heavy (non-hydrogen) atoms. The van der Waals surface area contributed by atoms with Crippen molar-refractivity contribution in [2.75, 3.05) is 12.5 Å². The van der Waals surface area contributed by atoms with Crippen molar-refractivity contribution in [3.8, 4) is 0 Å². The molecule has 1 N–H and O–H groups in total. The van der Waals surface area contributed by atoms with E-state index in [-0.39, 0.29) is 23.8 Å². The van der Waals surface area contributed by atoms with Gasteiger partial charge in [-0.2, -0.15) is 0 Å². The first kappa shape index (κ1) is 16.4. The Hall–Kier alpha value is -1.46. The van der Waals surface area contributed by atoms with Gasteiger partial charge in [0.25, 0.3) is 0 Å². The Bertz CT molecular complexity index is 696. The van der Waals surface area contributed by atoms with Gasteiger partial charge in [0.05, 0.1) is 5.41 Å². The number of hydrogen-bond acceptors (Lipinski definition) is 5. The van der Waals surface area contributed by atoms with E-state index in [1.165, 1.54) is 13.0 Å². The molecule has 0 heterocycles. The van der Waals surface area contributed by atoms with Gasteiger partial charge in [-0.25, -0.2) is 0 Å². The fraction of sp³-hybridized carbons (Fsp3) is 0.588. The summed E-state index contributed by atoms with van der Waals surface area (Å²) < 4.78 is 5.01. The molecule has 1 fully saturated rings. The van der Waals surface area contributed by atoms with Crippen molar-refractivity contribution < 1.29 is 24.2 Å². The van der Waals surface area contributed by atoms with Gasteiger partial charge in [-0.05, 0) is 33.6 Å². The minimum atomic E-state index is -1.50. The van der Waals surface area contributed by atoms with E-state index in [0.717, 1.165) is 5.57 Å². The Morgan fingerprint density at radius 3 is 2.43 bits per heavy atom. The van der Waals surface area contributed by atoms with Crippen molar-refractivity contribution in [3.05, 3.63) is 22.8 Å². The molecule has 1 saturated carbocycles. The molecule has 0 aromatic rings. The number of hydrogen-bond donors (Lipinski definition) is 1. The average Bonchev–Trinajstić information content (AvgIpc) is 3.27. The standard InChI is InChI=1S/C17H19ClO5/c1-9-12-10(13(20)16(3,22)17(9)4-5-17)6-15(2,14(12)21)8-23-11(19)7-18/h6,22H,4-5,7-8H2,1-3H3/t15?,16-/m0/s1. The second kappa shape index (κ2) is 4.77. The molecule has 0 aliphatic heterocycles. The van der Waals surface area contributed by atoms with Gasteiger partial charge < -0.3 is 9.84 Å².